The van der Waals surface area contributed by atoms with E-state index in [9.17, 15) is 0 Å². The average Bonchev–Trinajstić information content (AvgIpc) is 3.65. The summed E-state index contributed by atoms with van der Waals surface area (Å²) in [5.41, 5.74) is 4.61. The molecular weight excluding hydrogens is 633 g/mol. The summed E-state index contributed by atoms with van der Waals surface area (Å²) in [4.78, 5) is 10.1. The summed E-state index contributed by atoms with van der Waals surface area (Å²) in [7, 11) is 3.34. The first-order valence-electron chi connectivity index (χ1n) is 16.1. The van der Waals surface area contributed by atoms with Crippen molar-refractivity contribution in [2.24, 2.45) is 5.16 Å². The van der Waals surface area contributed by atoms with E-state index in [0.717, 1.165) is 55.9 Å². The van der Waals surface area contributed by atoms with Gasteiger partial charge in [0.05, 0.1) is 36.9 Å². The summed E-state index contributed by atoms with van der Waals surface area (Å²) in [6, 6.07) is 44.4. The van der Waals surface area contributed by atoms with Crippen molar-refractivity contribution in [2.45, 2.75) is 29.2 Å². The number of nitrogens with zero attached hydrogens (tertiary/aromatic N) is 4. The lowest BCUT2D eigenvalue weighted by Crippen LogP contribution is -2.47. The van der Waals surface area contributed by atoms with Gasteiger partial charge < -0.3 is 19.0 Å². The molecule has 8 rings (SSSR count). The number of methoxy groups -OCH3 is 2. The van der Waals surface area contributed by atoms with Gasteiger partial charge in [0.2, 0.25) is 11.6 Å². The van der Waals surface area contributed by atoms with Crippen LogP contribution in [0.25, 0.3) is 5.69 Å². The predicted molar refractivity (Wildman–Crippen MR) is 192 cm³/mol. The van der Waals surface area contributed by atoms with Crippen molar-refractivity contribution < 1.29 is 19.0 Å². The lowest BCUT2D eigenvalue weighted by Gasteiger charge is -2.38. The summed E-state index contributed by atoms with van der Waals surface area (Å²) in [6.07, 6.45) is 0.522. The molecule has 9 heteroatoms. The molecule has 0 N–H and O–H groups in total. The van der Waals surface area contributed by atoms with Crippen molar-refractivity contribution in [1.82, 2.24) is 9.78 Å². The molecule has 0 spiro atoms. The number of aryl methyl sites for hydroxylation is 1. The fraction of sp³-hybridized carbons (Fsp3) is 0.150. The Morgan fingerprint density at radius 2 is 1.37 bits per heavy atom. The van der Waals surface area contributed by atoms with E-state index in [1.165, 1.54) is 0 Å². The first kappa shape index (κ1) is 30.7. The number of amidine groups is 1. The third kappa shape index (κ3) is 5.46. The largest absolute Gasteiger partial charge is 0.497 e. The van der Waals surface area contributed by atoms with Gasteiger partial charge in [-0.25, -0.2) is 4.68 Å². The summed E-state index contributed by atoms with van der Waals surface area (Å²) in [5.74, 6) is 3.64. The highest BCUT2D eigenvalue weighted by molar-refractivity contribution is 7.99. The molecule has 2 unspecified atom stereocenters. The minimum absolute atomic E-state index is 0.158. The number of rotatable bonds is 8. The number of benzene rings is 5. The van der Waals surface area contributed by atoms with Gasteiger partial charge in [-0.15, -0.1) is 11.8 Å². The van der Waals surface area contributed by atoms with Crippen LogP contribution in [0, 0.1) is 6.92 Å². The molecule has 0 bridgehead atoms. The van der Waals surface area contributed by atoms with Crippen molar-refractivity contribution in [1.29, 1.82) is 0 Å². The smallest absolute Gasteiger partial charge is 0.242 e. The summed E-state index contributed by atoms with van der Waals surface area (Å²) < 4.78 is 19.7. The minimum atomic E-state index is -1.02. The highest BCUT2D eigenvalue weighted by Crippen LogP contribution is 2.58. The molecule has 8 nitrogen and oxygen atoms in total. The second-order valence-electron chi connectivity index (χ2n) is 11.8. The number of hydrogen-bond acceptors (Lipinski definition) is 8. The molecule has 0 radical (unpaired) electrons. The fourth-order valence-electron chi connectivity index (χ4n) is 6.56. The molecule has 244 valence electrons. The van der Waals surface area contributed by atoms with Gasteiger partial charge in [0.25, 0.3) is 0 Å². The Bertz CT molecular complexity index is 2120. The van der Waals surface area contributed by atoms with Crippen molar-refractivity contribution in [2.75, 3.05) is 19.1 Å². The number of hydrogen-bond donors (Lipinski definition) is 0. The molecule has 0 fully saturated rings. The quantitative estimate of drug-likeness (QED) is 0.160. The second kappa shape index (κ2) is 12.7. The second-order valence-corrected chi connectivity index (χ2v) is 13.1. The van der Waals surface area contributed by atoms with Gasteiger partial charge in [-0.3, -0.25) is 4.90 Å². The normalized spacial score (nSPS) is 18.1. The van der Waals surface area contributed by atoms with Crippen LogP contribution in [-0.2, 0) is 10.6 Å². The Labute approximate surface area is 289 Å². The van der Waals surface area contributed by atoms with E-state index in [1.807, 2.05) is 102 Å². The zero-order valence-electron chi connectivity index (χ0n) is 27.3. The van der Waals surface area contributed by atoms with E-state index < -0.39 is 5.72 Å². The van der Waals surface area contributed by atoms with Gasteiger partial charge in [0.1, 0.15) is 17.2 Å². The maximum absolute atomic E-state index is 6.77. The van der Waals surface area contributed by atoms with Gasteiger partial charge in [0, 0.05) is 27.7 Å². The number of aromatic nitrogens is 2. The molecule has 3 heterocycles. The van der Waals surface area contributed by atoms with Crippen LogP contribution in [0.1, 0.15) is 34.1 Å². The molecule has 0 saturated carbocycles. The van der Waals surface area contributed by atoms with Gasteiger partial charge in [0.15, 0.2) is 5.84 Å². The molecule has 5 aromatic carbocycles. The Morgan fingerprint density at radius 1 is 0.735 bits per heavy atom. The van der Waals surface area contributed by atoms with Crippen LogP contribution in [-0.4, -0.2) is 29.8 Å². The number of fused-ring (bicyclic) bond motifs is 3. The van der Waals surface area contributed by atoms with Crippen LogP contribution < -0.4 is 19.1 Å². The van der Waals surface area contributed by atoms with E-state index in [-0.39, 0.29) is 5.25 Å². The van der Waals surface area contributed by atoms with Crippen molar-refractivity contribution in [3.8, 4) is 28.8 Å². The summed E-state index contributed by atoms with van der Waals surface area (Å²) >= 11 is 1.78. The Morgan fingerprint density at radius 3 is 2.06 bits per heavy atom. The monoisotopic (exact) mass is 666 g/mol. The zero-order valence-corrected chi connectivity index (χ0v) is 28.1. The molecule has 0 amide bonds. The van der Waals surface area contributed by atoms with Crippen LogP contribution in [0.3, 0.4) is 0 Å². The average molecular weight is 667 g/mol. The Balaban J connectivity index is 1.33. The van der Waals surface area contributed by atoms with Crippen LogP contribution in [0.15, 0.2) is 144 Å². The number of ether oxygens (including phenoxy) is 3. The number of para-hydroxylation sites is 3. The Kier molecular flexibility index (Phi) is 7.97. The SMILES string of the molecule is COc1ccc(C2=NOC3(c4ccc(OC)cc4)CC(c4c(C)nn(-c5ccccc5)c4Oc4ccccc4)Sc4ccccc4N23)cc1. The predicted octanol–water partition coefficient (Wildman–Crippen LogP) is 9.28. The van der Waals surface area contributed by atoms with Crippen molar-refractivity contribution >= 4 is 23.3 Å². The maximum atomic E-state index is 6.77. The Hall–Kier alpha value is -5.67. The molecule has 49 heavy (non-hydrogen) atoms. The fourth-order valence-corrected chi connectivity index (χ4v) is 8.00. The van der Waals surface area contributed by atoms with E-state index in [0.29, 0.717) is 18.1 Å². The van der Waals surface area contributed by atoms with Crippen molar-refractivity contribution in [3.63, 3.8) is 0 Å². The van der Waals surface area contributed by atoms with Crippen LogP contribution in [0.2, 0.25) is 0 Å². The molecule has 2 aliphatic rings. The van der Waals surface area contributed by atoms with Crippen LogP contribution in [0.5, 0.6) is 23.1 Å². The lowest BCUT2D eigenvalue weighted by molar-refractivity contribution is -0.0284. The molecule has 2 atom stereocenters. The number of oxime groups is 1. The van der Waals surface area contributed by atoms with Gasteiger partial charge >= 0.3 is 0 Å². The van der Waals surface area contributed by atoms with Crippen LogP contribution in [0.4, 0.5) is 5.69 Å². The number of anilines is 1. The first-order valence-corrected chi connectivity index (χ1v) is 16.9. The van der Waals surface area contributed by atoms with E-state index in [4.69, 9.17) is 29.3 Å². The van der Waals surface area contributed by atoms with Crippen molar-refractivity contribution in [3.05, 3.63) is 156 Å². The van der Waals surface area contributed by atoms with E-state index in [1.54, 1.807) is 26.0 Å². The number of thioether (sulfide) groups is 1. The van der Waals surface area contributed by atoms with E-state index >= 15 is 0 Å². The molecule has 0 aliphatic carbocycles. The topological polar surface area (TPSA) is 70.3 Å². The lowest BCUT2D eigenvalue weighted by atomic mass is 9.91. The first-order chi connectivity index (χ1) is 24.1. The third-order valence-electron chi connectivity index (χ3n) is 8.93. The molecular formula is C40H34N4O4S. The third-order valence-corrected chi connectivity index (χ3v) is 10.2. The summed E-state index contributed by atoms with van der Waals surface area (Å²) in [6.45, 7) is 2.05. The zero-order chi connectivity index (χ0) is 33.4. The van der Waals surface area contributed by atoms with Gasteiger partial charge in [-0.2, -0.15) is 5.10 Å². The van der Waals surface area contributed by atoms with E-state index in [2.05, 4.69) is 48.2 Å². The maximum Gasteiger partial charge on any atom is 0.242 e. The highest BCUT2D eigenvalue weighted by atomic mass is 32.2. The highest BCUT2D eigenvalue weighted by Gasteiger charge is 2.54. The molecule has 1 aromatic heterocycles. The molecule has 2 aliphatic heterocycles. The standard InChI is InChI=1S/C40H34N4O4S/c1-27-37(39(47-33-14-8-5-9-15-33)44(41-27)30-12-6-4-7-13-30)36-26-40(29-20-24-32(46-3)25-21-29)43(34-16-10-11-17-35(34)49-36)38(42-48-40)28-18-22-31(45-2)23-19-28/h4-25,36H,26H2,1-3H3. The minimum Gasteiger partial charge on any atom is -0.497 e. The van der Waals surface area contributed by atoms with Gasteiger partial charge in [-0.1, -0.05) is 53.7 Å². The molecule has 6 aromatic rings. The summed E-state index contributed by atoms with van der Waals surface area (Å²) in [5, 5.41) is 9.77. The molecule has 0 saturated heterocycles. The van der Waals surface area contributed by atoms with Gasteiger partial charge in [-0.05, 0) is 91.9 Å². The van der Waals surface area contributed by atoms with Crippen LogP contribution >= 0.6 is 11.8 Å².